The van der Waals surface area contributed by atoms with Gasteiger partial charge in [-0.15, -0.1) is 0 Å². The van der Waals surface area contributed by atoms with Gasteiger partial charge in [-0.2, -0.15) is 9.37 Å². The second-order valence-electron chi connectivity index (χ2n) is 4.24. The van der Waals surface area contributed by atoms with E-state index in [4.69, 9.17) is 11.6 Å². The van der Waals surface area contributed by atoms with E-state index < -0.39 is 26.5 Å². The molecule has 2 rings (SSSR count). The van der Waals surface area contributed by atoms with Crippen molar-refractivity contribution in [1.82, 2.24) is 9.55 Å². The maximum absolute atomic E-state index is 13.2. The van der Waals surface area contributed by atoms with Crippen LogP contribution in [0, 0.1) is 12.9 Å². The number of benzene rings is 1. The van der Waals surface area contributed by atoms with Crippen LogP contribution in [0.25, 0.3) is 5.69 Å². The molecule has 0 amide bonds. The third-order valence-electron chi connectivity index (χ3n) is 2.59. The molecule has 0 saturated carbocycles. The van der Waals surface area contributed by atoms with Crippen molar-refractivity contribution in [3.63, 3.8) is 0 Å². The van der Waals surface area contributed by atoms with Gasteiger partial charge in [-0.1, -0.05) is 11.6 Å². The van der Waals surface area contributed by atoms with Crippen molar-refractivity contribution in [2.75, 3.05) is 6.26 Å². The van der Waals surface area contributed by atoms with Crippen LogP contribution in [0.5, 0.6) is 0 Å². The summed E-state index contributed by atoms with van der Waals surface area (Å²) in [5.74, 6) is -1.14. The quantitative estimate of drug-likeness (QED) is 0.625. The first-order valence-corrected chi connectivity index (χ1v) is 7.73. The van der Waals surface area contributed by atoms with Gasteiger partial charge >= 0.3 is 0 Å². The van der Waals surface area contributed by atoms with Crippen LogP contribution < -0.4 is 5.56 Å². The number of nitrogens with zero attached hydrogens (tertiary/aromatic N) is 2. The van der Waals surface area contributed by atoms with Crippen LogP contribution in [-0.2, 0) is 9.84 Å². The number of hydrogen-bond acceptors (Lipinski definition) is 4. The summed E-state index contributed by atoms with van der Waals surface area (Å²) in [6.07, 6.45) is 0.855. The van der Waals surface area contributed by atoms with Gasteiger partial charge < -0.3 is 0 Å². The standard InChI is InChI=1S/C12H10ClFN2O3S/c1-7-5-8(3-4-9(7)13)16-11(17)6-10(14)15-12(16)20(2,18)19/h3-6H,1-2H3. The average Bonchev–Trinajstić information content (AvgIpc) is 2.31. The first-order valence-electron chi connectivity index (χ1n) is 5.46. The maximum Gasteiger partial charge on any atom is 0.261 e. The molecule has 5 nitrogen and oxygen atoms in total. The molecular weight excluding hydrogens is 307 g/mol. The van der Waals surface area contributed by atoms with Gasteiger partial charge in [0.25, 0.3) is 5.56 Å². The van der Waals surface area contributed by atoms with Crippen LogP contribution >= 0.6 is 11.6 Å². The van der Waals surface area contributed by atoms with Gasteiger partial charge in [0.2, 0.25) is 20.9 Å². The minimum atomic E-state index is -3.87. The Morgan fingerprint density at radius 3 is 2.50 bits per heavy atom. The van der Waals surface area contributed by atoms with E-state index in [1.807, 2.05) is 0 Å². The maximum atomic E-state index is 13.2. The van der Waals surface area contributed by atoms with Crippen molar-refractivity contribution in [1.29, 1.82) is 0 Å². The Kier molecular flexibility index (Phi) is 3.66. The van der Waals surface area contributed by atoms with E-state index in [2.05, 4.69) is 4.98 Å². The topological polar surface area (TPSA) is 69.0 Å². The number of rotatable bonds is 2. The summed E-state index contributed by atoms with van der Waals surface area (Å²) in [5, 5.41) is -0.179. The Morgan fingerprint density at radius 2 is 1.95 bits per heavy atom. The van der Waals surface area contributed by atoms with E-state index in [-0.39, 0.29) is 5.69 Å². The normalized spacial score (nSPS) is 11.6. The minimum absolute atomic E-state index is 0.254. The number of aryl methyl sites for hydroxylation is 1. The fraction of sp³-hybridized carbons (Fsp3) is 0.167. The van der Waals surface area contributed by atoms with Gasteiger partial charge in [0.1, 0.15) is 0 Å². The van der Waals surface area contributed by atoms with E-state index in [0.29, 0.717) is 16.7 Å². The van der Waals surface area contributed by atoms with Crippen molar-refractivity contribution in [2.24, 2.45) is 0 Å². The lowest BCUT2D eigenvalue weighted by Gasteiger charge is -2.11. The Bertz CT molecular complexity index is 846. The molecular formula is C12H10ClFN2O3S. The molecule has 0 aliphatic heterocycles. The summed E-state index contributed by atoms with van der Waals surface area (Å²) in [6.45, 7) is 1.70. The lowest BCUT2D eigenvalue weighted by Crippen LogP contribution is -2.26. The van der Waals surface area contributed by atoms with Gasteiger partial charge in [0.15, 0.2) is 0 Å². The van der Waals surface area contributed by atoms with E-state index >= 15 is 0 Å². The van der Waals surface area contributed by atoms with Crippen LogP contribution in [0.4, 0.5) is 4.39 Å². The summed E-state index contributed by atoms with van der Waals surface area (Å²) >= 11 is 5.88. The largest absolute Gasteiger partial charge is 0.269 e. The minimum Gasteiger partial charge on any atom is -0.269 e. The van der Waals surface area contributed by atoms with E-state index in [1.165, 1.54) is 18.2 Å². The first kappa shape index (κ1) is 14.7. The number of hydrogen-bond donors (Lipinski definition) is 0. The Labute approximate surface area is 119 Å². The van der Waals surface area contributed by atoms with Crippen LogP contribution in [-0.4, -0.2) is 24.2 Å². The molecule has 0 spiro atoms. The average molecular weight is 317 g/mol. The van der Waals surface area contributed by atoms with Crippen molar-refractivity contribution >= 4 is 21.4 Å². The predicted molar refractivity (Wildman–Crippen MR) is 72.6 cm³/mol. The molecule has 20 heavy (non-hydrogen) atoms. The molecule has 8 heteroatoms. The molecule has 1 heterocycles. The monoisotopic (exact) mass is 316 g/mol. The fourth-order valence-corrected chi connectivity index (χ4v) is 2.59. The van der Waals surface area contributed by atoms with E-state index in [9.17, 15) is 17.6 Å². The highest BCUT2D eigenvalue weighted by Gasteiger charge is 2.19. The summed E-state index contributed by atoms with van der Waals surface area (Å²) < 4.78 is 37.4. The highest BCUT2D eigenvalue weighted by Crippen LogP contribution is 2.19. The molecule has 0 radical (unpaired) electrons. The smallest absolute Gasteiger partial charge is 0.261 e. The third-order valence-corrected chi connectivity index (χ3v) is 3.95. The molecule has 0 saturated heterocycles. The molecule has 106 valence electrons. The zero-order chi connectivity index (χ0) is 15.1. The van der Waals surface area contributed by atoms with E-state index in [1.54, 1.807) is 6.92 Å². The number of sulfone groups is 1. The zero-order valence-corrected chi connectivity index (χ0v) is 12.2. The van der Waals surface area contributed by atoms with Crippen molar-refractivity contribution in [3.05, 3.63) is 51.2 Å². The Balaban J connectivity index is 2.86. The van der Waals surface area contributed by atoms with Crippen LogP contribution in [0.1, 0.15) is 5.56 Å². The van der Waals surface area contributed by atoms with Gasteiger partial charge in [-0.25, -0.2) is 8.42 Å². The molecule has 1 aromatic heterocycles. The van der Waals surface area contributed by atoms with Gasteiger partial charge in [-0.3, -0.25) is 9.36 Å². The van der Waals surface area contributed by atoms with E-state index in [0.717, 1.165) is 10.8 Å². The first-order chi connectivity index (χ1) is 9.20. The van der Waals surface area contributed by atoms with Crippen LogP contribution in [0.2, 0.25) is 5.02 Å². The van der Waals surface area contributed by atoms with Gasteiger partial charge in [-0.05, 0) is 30.7 Å². The lowest BCUT2D eigenvalue weighted by molar-refractivity contribution is 0.530. The fourth-order valence-electron chi connectivity index (χ4n) is 1.69. The molecule has 0 fully saturated rings. The summed E-state index contributed by atoms with van der Waals surface area (Å²) in [5.41, 5.74) is 0.0873. The van der Waals surface area contributed by atoms with Crippen molar-refractivity contribution in [3.8, 4) is 5.69 Å². The zero-order valence-electron chi connectivity index (χ0n) is 10.6. The molecule has 1 aromatic carbocycles. The number of halogens is 2. The van der Waals surface area contributed by atoms with Gasteiger partial charge in [0.05, 0.1) is 11.8 Å². The molecule has 0 atom stereocenters. The molecule has 0 N–H and O–H groups in total. The summed E-state index contributed by atoms with van der Waals surface area (Å²) in [4.78, 5) is 15.2. The second-order valence-corrected chi connectivity index (χ2v) is 6.56. The lowest BCUT2D eigenvalue weighted by atomic mass is 10.2. The van der Waals surface area contributed by atoms with Gasteiger partial charge in [0, 0.05) is 11.3 Å². The van der Waals surface area contributed by atoms with Crippen LogP contribution in [0.3, 0.4) is 0 Å². The molecule has 0 aliphatic rings. The molecule has 0 bridgehead atoms. The predicted octanol–water partition coefficient (Wildman–Crippen LogP) is 1.74. The molecule has 0 aliphatic carbocycles. The second kappa shape index (κ2) is 4.99. The molecule has 0 unspecified atom stereocenters. The van der Waals surface area contributed by atoms with Crippen LogP contribution in [0.15, 0.2) is 34.2 Å². The highest BCUT2D eigenvalue weighted by atomic mass is 35.5. The molecule has 2 aromatic rings. The Hall–Kier alpha value is -1.73. The highest BCUT2D eigenvalue weighted by molar-refractivity contribution is 7.90. The van der Waals surface area contributed by atoms with Crippen molar-refractivity contribution in [2.45, 2.75) is 12.1 Å². The number of aromatic nitrogens is 2. The SMILES string of the molecule is Cc1cc(-n2c(S(C)(=O)=O)nc(F)cc2=O)ccc1Cl. The van der Waals surface area contributed by atoms with Crippen molar-refractivity contribution < 1.29 is 12.8 Å². The Morgan fingerprint density at radius 1 is 1.30 bits per heavy atom. The summed E-state index contributed by atoms with van der Waals surface area (Å²) in [7, 11) is -3.87. The third kappa shape index (κ3) is 2.73. The summed E-state index contributed by atoms with van der Waals surface area (Å²) in [6, 6.07) is 5.13.